The molecule has 2 aliphatic rings. The number of nitrogens with zero attached hydrogens (tertiary/aromatic N) is 3. The van der Waals surface area contributed by atoms with E-state index in [1.165, 1.54) is 13.1 Å². The van der Waals surface area contributed by atoms with Gasteiger partial charge in [-0.15, -0.1) is 0 Å². The van der Waals surface area contributed by atoms with Crippen LogP contribution < -0.4 is 21.5 Å². The van der Waals surface area contributed by atoms with E-state index in [2.05, 4.69) is 10.3 Å². The molecule has 1 aromatic heterocycles. The van der Waals surface area contributed by atoms with Gasteiger partial charge in [-0.3, -0.25) is 14.3 Å². The van der Waals surface area contributed by atoms with Crippen LogP contribution in [0.25, 0.3) is 0 Å². The van der Waals surface area contributed by atoms with Crippen molar-refractivity contribution < 1.29 is 4.79 Å². The summed E-state index contributed by atoms with van der Waals surface area (Å²) in [7, 11) is 1.45. The van der Waals surface area contributed by atoms with Gasteiger partial charge in [0.1, 0.15) is 5.82 Å². The van der Waals surface area contributed by atoms with Gasteiger partial charge < -0.3 is 15.1 Å². The number of hydrogen-bond acceptors (Lipinski definition) is 4. The third-order valence-electron chi connectivity index (χ3n) is 5.60. The highest BCUT2D eigenvalue weighted by Crippen LogP contribution is 2.32. The maximum Gasteiger partial charge on any atom is 0.329 e. The molecule has 2 unspecified atom stereocenters. The monoisotopic (exact) mass is 403 g/mol. The highest BCUT2D eigenvalue weighted by Gasteiger charge is 2.42. The number of H-pyrrole nitrogens is 1. The van der Waals surface area contributed by atoms with E-state index in [0.717, 1.165) is 23.2 Å². The summed E-state index contributed by atoms with van der Waals surface area (Å²) in [6.07, 6.45) is 0. The first-order valence-corrected chi connectivity index (χ1v) is 9.61. The van der Waals surface area contributed by atoms with Crippen molar-refractivity contribution in [2.45, 2.75) is 6.54 Å². The number of urea groups is 1. The number of carbonyl (C=O) groups excluding carboxylic acids is 1. The Morgan fingerprint density at radius 3 is 2.39 bits per heavy atom. The minimum atomic E-state index is -0.414. The van der Waals surface area contributed by atoms with Gasteiger partial charge in [-0.2, -0.15) is 0 Å². The molecule has 2 fully saturated rings. The van der Waals surface area contributed by atoms with E-state index in [1.54, 1.807) is 12.1 Å². The third-order valence-corrected chi connectivity index (χ3v) is 5.85. The van der Waals surface area contributed by atoms with E-state index in [1.807, 2.05) is 21.9 Å². The largest absolute Gasteiger partial charge is 0.357 e. The van der Waals surface area contributed by atoms with Gasteiger partial charge in [0, 0.05) is 62.7 Å². The van der Waals surface area contributed by atoms with Gasteiger partial charge >= 0.3 is 11.7 Å². The van der Waals surface area contributed by atoms with Crippen LogP contribution >= 0.6 is 11.6 Å². The van der Waals surface area contributed by atoms with Gasteiger partial charge in [0.25, 0.3) is 5.56 Å². The first kappa shape index (κ1) is 18.6. The van der Waals surface area contributed by atoms with E-state index in [4.69, 9.17) is 11.6 Å². The fourth-order valence-electron chi connectivity index (χ4n) is 3.96. The maximum atomic E-state index is 12.5. The van der Waals surface area contributed by atoms with Crippen molar-refractivity contribution >= 4 is 23.4 Å². The second-order valence-electron chi connectivity index (χ2n) is 7.47. The number of aromatic nitrogens is 2. The Morgan fingerprint density at radius 2 is 1.79 bits per heavy atom. The molecule has 2 atom stereocenters. The molecule has 148 valence electrons. The number of nitrogens with one attached hydrogen (secondary N) is 2. The Morgan fingerprint density at radius 1 is 1.14 bits per heavy atom. The van der Waals surface area contributed by atoms with Crippen LogP contribution in [0.5, 0.6) is 0 Å². The minimum Gasteiger partial charge on any atom is -0.357 e. The molecule has 2 aliphatic heterocycles. The molecule has 4 rings (SSSR count). The average Bonchev–Trinajstić information content (AvgIpc) is 3.24. The van der Waals surface area contributed by atoms with Crippen molar-refractivity contribution in [3.05, 3.63) is 61.8 Å². The molecule has 0 aliphatic carbocycles. The summed E-state index contributed by atoms with van der Waals surface area (Å²) in [6, 6.07) is 8.78. The van der Waals surface area contributed by atoms with Crippen LogP contribution in [0.1, 0.15) is 5.56 Å². The van der Waals surface area contributed by atoms with E-state index in [9.17, 15) is 14.4 Å². The molecule has 9 heteroatoms. The topological polar surface area (TPSA) is 90.4 Å². The predicted octanol–water partition coefficient (Wildman–Crippen LogP) is 1.00. The summed E-state index contributed by atoms with van der Waals surface area (Å²) in [5.74, 6) is 1.21. The number of halogens is 1. The molecule has 28 heavy (non-hydrogen) atoms. The highest BCUT2D eigenvalue weighted by atomic mass is 35.5. The minimum absolute atomic E-state index is 0.0714. The van der Waals surface area contributed by atoms with Gasteiger partial charge in [0.15, 0.2) is 0 Å². The van der Waals surface area contributed by atoms with Crippen molar-refractivity contribution in [3.63, 3.8) is 0 Å². The van der Waals surface area contributed by atoms with Crippen molar-refractivity contribution in [2.24, 2.45) is 18.9 Å². The summed E-state index contributed by atoms with van der Waals surface area (Å²) in [5, 5.41) is 3.62. The van der Waals surface area contributed by atoms with Gasteiger partial charge in [0.05, 0.1) is 0 Å². The zero-order valence-electron chi connectivity index (χ0n) is 15.5. The van der Waals surface area contributed by atoms with Crippen LogP contribution in [-0.4, -0.2) is 46.7 Å². The molecule has 2 amide bonds. The SMILES string of the molecule is Cn1c(=O)cc(N2CC3CN(C(=O)NCc4ccc(Cl)cc4)CC3C2)[nH]c1=O. The molecule has 2 saturated heterocycles. The lowest BCUT2D eigenvalue weighted by Crippen LogP contribution is -2.40. The van der Waals surface area contributed by atoms with Crippen LogP contribution in [0.2, 0.25) is 5.02 Å². The molecule has 8 nitrogen and oxygen atoms in total. The lowest BCUT2D eigenvalue weighted by Gasteiger charge is -2.23. The fraction of sp³-hybridized carbons (Fsp3) is 0.421. The zero-order valence-corrected chi connectivity index (χ0v) is 16.3. The Bertz CT molecular complexity index is 955. The number of aromatic amines is 1. The van der Waals surface area contributed by atoms with Gasteiger partial charge in [-0.05, 0) is 17.7 Å². The Balaban J connectivity index is 1.33. The number of likely N-dealkylation sites (tertiary alicyclic amines) is 1. The number of benzene rings is 1. The number of amides is 2. The molecular formula is C19H22ClN5O3. The van der Waals surface area contributed by atoms with E-state index < -0.39 is 5.69 Å². The van der Waals surface area contributed by atoms with E-state index in [0.29, 0.717) is 42.3 Å². The molecule has 2 N–H and O–H groups in total. The normalized spacial score (nSPS) is 21.1. The van der Waals surface area contributed by atoms with Crippen LogP contribution in [0.3, 0.4) is 0 Å². The zero-order chi connectivity index (χ0) is 19.8. The molecular weight excluding hydrogens is 382 g/mol. The molecule has 1 aromatic carbocycles. The first-order chi connectivity index (χ1) is 13.4. The maximum absolute atomic E-state index is 12.5. The summed E-state index contributed by atoms with van der Waals surface area (Å²) >= 11 is 5.88. The molecule has 0 radical (unpaired) electrons. The quantitative estimate of drug-likeness (QED) is 0.800. The summed E-state index contributed by atoms with van der Waals surface area (Å²) in [6.45, 7) is 3.23. The molecule has 0 spiro atoms. The Labute approximate surface area is 166 Å². The van der Waals surface area contributed by atoms with E-state index in [-0.39, 0.29) is 11.6 Å². The first-order valence-electron chi connectivity index (χ1n) is 9.23. The van der Waals surface area contributed by atoms with Crippen LogP contribution in [0.4, 0.5) is 10.6 Å². The third kappa shape index (κ3) is 3.64. The number of anilines is 1. The lowest BCUT2D eigenvalue weighted by molar-refractivity contribution is 0.205. The van der Waals surface area contributed by atoms with Crippen molar-refractivity contribution in [1.29, 1.82) is 0 Å². The van der Waals surface area contributed by atoms with Crippen molar-refractivity contribution in [1.82, 2.24) is 19.8 Å². The molecule has 3 heterocycles. The molecule has 2 aromatic rings. The summed E-state index contributed by atoms with van der Waals surface area (Å²) in [4.78, 5) is 42.8. The summed E-state index contributed by atoms with van der Waals surface area (Å²) < 4.78 is 1.05. The van der Waals surface area contributed by atoms with Gasteiger partial charge in [-0.25, -0.2) is 9.59 Å². The van der Waals surface area contributed by atoms with Crippen molar-refractivity contribution in [3.8, 4) is 0 Å². The summed E-state index contributed by atoms with van der Waals surface area (Å²) in [5.41, 5.74) is 0.264. The average molecular weight is 404 g/mol. The van der Waals surface area contributed by atoms with Crippen LogP contribution in [0, 0.1) is 11.8 Å². The lowest BCUT2D eigenvalue weighted by atomic mass is 10.0. The smallest absolute Gasteiger partial charge is 0.329 e. The second kappa shape index (κ2) is 7.35. The van der Waals surface area contributed by atoms with Gasteiger partial charge in [-0.1, -0.05) is 23.7 Å². The molecule has 0 saturated carbocycles. The van der Waals surface area contributed by atoms with Gasteiger partial charge in [0.2, 0.25) is 0 Å². The number of carbonyl (C=O) groups is 1. The Hall–Kier alpha value is -2.74. The van der Waals surface area contributed by atoms with Crippen molar-refractivity contribution in [2.75, 3.05) is 31.1 Å². The second-order valence-corrected chi connectivity index (χ2v) is 7.91. The number of fused-ring (bicyclic) bond motifs is 1. The predicted molar refractivity (Wildman–Crippen MR) is 107 cm³/mol. The Kier molecular flexibility index (Phi) is 4.89. The van der Waals surface area contributed by atoms with Crippen LogP contribution in [0.15, 0.2) is 39.9 Å². The molecule has 0 bridgehead atoms. The van der Waals surface area contributed by atoms with E-state index >= 15 is 0 Å². The number of hydrogen-bond donors (Lipinski definition) is 2. The fourth-order valence-corrected chi connectivity index (χ4v) is 4.09. The highest BCUT2D eigenvalue weighted by molar-refractivity contribution is 6.30. The standard InChI is InChI=1S/C19H22ClN5O3/c1-23-17(26)6-16(22-19(23)28)24-8-13-10-25(11-14(13)9-24)18(27)21-7-12-2-4-15(20)5-3-12/h2-6,13-14H,7-11H2,1H3,(H,21,27)(H,22,28). The number of rotatable bonds is 3. The van der Waals surface area contributed by atoms with Crippen LogP contribution in [-0.2, 0) is 13.6 Å².